The monoisotopic (exact) mass is 277 g/mol. The zero-order valence-electron chi connectivity index (χ0n) is 8.29. The van der Waals surface area contributed by atoms with Gasteiger partial charge in [-0.3, -0.25) is 5.41 Å². The predicted molar refractivity (Wildman–Crippen MR) is 68.5 cm³/mol. The Morgan fingerprint density at radius 2 is 1.88 bits per heavy atom. The van der Waals surface area contributed by atoms with Crippen molar-refractivity contribution in [1.82, 2.24) is 0 Å². The van der Waals surface area contributed by atoms with Crippen LogP contribution in [0, 0.1) is 5.41 Å². The van der Waals surface area contributed by atoms with Crippen LogP contribution in [0.1, 0.15) is 11.7 Å². The maximum Gasteiger partial charge on any atom is 0.265 e. The van der Waals surface area contributed by atoms with Crippen LogP contribution >= 0.6 is 34.8 Å². The number of halogens is 3. The SMILES string of the molecule is C=CC(OC(=N)C(Cl)(Cl)Cl)c1ccccc1. The zero-order valence-corrected chi connectivity index (χ0v) is 10.6. The molecule has 0 aliphatic heterocycles. The molecule has 0 saturated carbocycles. The minimum absolute atomic E-state index is 0.425. The Morgan fingerprint density at radius 3 is 2.31 bits per heavy atom. The van der Waals surface area contributed by atoms with E-state index >= 15 is 0 Å². The highest BCUT2D eigenvalue weighted by Crippen LogP contribution is 2.30. The normalized spacial score (nSPS) is 12.9. The Bertz CT molecular complexity index is 373. The van der Waals surface area contributed by atoms with E-state index in [2.05, 4.69) is 6.58 Å². The molecule has 1 unspecified atom stereocenters. The summed E-state index contributed by atoms with van der Waals surface area (Å²) in [6.07, 6.45) is 1.05. The first-order valence-corrected chi connectivity index (χ1v) is 5.58. The van der Waals surface area contributed by atoms with Crippen molar-refractivity contribution in [3.8, 4) is 0 Å². The molecule has 0 aliphatic rings. The Hall–Kier alpha value is -0.700. The van der Waals surface area contributed by atoms with Crippen molar-refractivity contribution in [2.24, 2.45) is 0 Å². The highest BCUT2D eigenvalue weighted by molar-refractivity contribution is 6.76. The van der Waals surface area contributed by atoms with E-state index in [-0.39, 0.29) is 0 Å². The molecule has 0 saturated heterocycles. The first-order valence-electron chi connectivity index (χ1n) is 4.45. The van der Waals surface area contributed by atoms with E-state index in [9.17, 15) is 0 Å². The topological polar surface area (TPSA) is 33.1 Å². The number of hydrogen-bond acceptors (Lipinski definition) is 2. The van der Waals surface area contributed by atoms with Crippen LogP contribution in [0.4, 0.5) is 0 Å². The van der Waals surface area contributed by atoms with Crippen LogP contribution in [0.3, 0.4) is 0 Å². The van der Waals surface area contributed by atoms with Crippen molar-refractivity contribution in [3.05, 3.63) is 48.6 Å². The third kappa shape index (κ3) is 3.71. The van der Waals surface area contributed by atoms with Crippen molar-refractivity contribution in [2.45, 2.75) is 9.90 Å². The van der Waals surface area contributed by atoms with E-state index in [4.69, 9.17) is 44.9 Å². The molecular weight excluding hydrogens is 268 g/mol. The van der Waals surface area contributed by atoms with Crippen molar-refractivity contribution >= 4 is 40.7 Å². The quantitative estimate of drug-likeness (QED) is 0.381. The molecule has 0 heterocycles. The van der Waals surface area contributed by atoms with Gasteiger partial charge in [-0.05, 0) is 11.6 Å². The molecule has 1 N–H and O–H groups in total. The van der Waals surface area contributed by atoms with E-state index in [1.807, 2.05) is 30.3 Å². The summed E-state index contributed by atoms with van der Waals surface area (Å²) in [7, 11) is 0. The second-order valence-electron chi connectivity index (χ2n) is 3.01. The smallest absolute Gasteiger partial charge is 0.265 e. The fourth-order valence-corrected chi connectivity index (χ4v) is 1.22. The lowest BCUT2D eigenvalue weighted by molar-refractivity contribution is 0.234. The number of ether oxygens (including phenoxy) is 1. The first kappa shape index (κ1) is 13.4. The molecule has 0 radical (unpaired) electrons. The van der Waals surface area contributed by atoms with Crippen molar-refractivity contribution in [3.63, 3.8) is 0 Å². The van der Waals surface area contributed by atoms with Gasteiger partial charge in [-0.2, -0.15) is 0 Å². The molecule has 0 aromatic heterocycles. The Labute approximate surface area is 109 Å². The van der Waals surface area contributed by atoms with Crippen molar-refractivity contribution < 1.29 is 4.74 Å². The molecule has 86 valence electrons. The second-order valence-corrected chi connectivity index (χ2v) is 5.29. The highest BCUT2D eigenvalue weighted by Gasteiger charge is 2.30. The summed E-state index contributed by atoms with van der Waals surface area (Å²) < 4.78 is 3.37. The zero-order chi connectivity index (χ0) is 12.2. The van der Waals surface area contributed by atoms with Gasteiger partial charge in [-0.25, -0.2) is 0 Å². The Kier molecular flexibility index (Phi) is 4.66. The number of hydrogen-bond donors (Lipinski definition) is 1. The average Bonchev–Trinajstić information content (AvgIpc) is 2.25. The predicted octanol–water partition coefficient (Wildman–Crippen LogP) is 4.28. The largest absolute Gasteiger partial charge is 0.466 e. The van der Waals surface area contributed by atoms with Gasteiger partial charge in [0, 0.05) is 0 Å². The molecule has 0 fully saturated rings. The molecule has 1 atom stereocenters. The summed E-state index contributed by atoms with van der Waals surface area (Å²) in [5.41, 5.74) is 0.844. The van der Waals surface area contributed by atoms with Crippen molar-refractivity contribution in [1.29, 1.82) is 5.41 Å². The van der Waals surface area contributed by atoms with E-state index in [0.29, 0.717) is 0 Å². The van der Waals surface area contributed by atoms with Gasteiger partial charge in [0.1, 0.15) is 6.10 Å². The molecule has 0 spiro atoms. The maximum atomic E-state index is 7.46. The highest BCUT2D eigenvalue weighted by atomic mass is 35.6. The van der Waals surface area contributed by atoms with Crippen LogP contribution in [0.5, 0.6) is 0 Å². The third-order valence-electron chi connectivity index (χ3n) is 1.84. The van der Waals surface area contributed by atoms with Gasteiger partial charge in [0.15, 0.2) is 0 Å². The summed E-state index contributed by atoms with van der Waals surface area (Å²) >= 11 is 16.6. The van der Waals surface area contributed by atoms with Crippen LogP contribution in [0.25, 0.3) is 0 Å². The van der Waals surface area contributed by atoms with Gasteiger partial charge in [-0.1, -0.05) is 71.7 Å². The number of nitrogens with one attached hydrogen (secondary N) is 1. The maximum absolute atomic E-state index is 7.46. The lowest BCUT2D eigenvalue weighted by Gasteiger charge is -2.19. The van der Waals surface area contributed by atoms with Crippen LogP contribution in [-0.2, 0) is 4.74 Å². The lowest BCUT2D eigenvalue weighted by Crippen LogP contribution is -2.22. The van der Waals surface area contributed by atoms with Gasteiger partial charge in [-0.15, -0.1) is 0 Å². The molecule has 0 amide bonds. The molecule has 1 aromatic carbocycles. The van der Waals surface area contributed by atoms with Gasteiger partial charge in [0.25, 0.3) is 3.79 Å². The average molecular weight is 279 g/mol. The van der Waals surface area contributed by atoms with E-state index in [1.165, 1.54) is 0 Å². The minimum atomic E-state index is -1.85. The summed E-state index contributed by atoms with van der Waals surface area (Å²) in [5, 5.41) is 7.46. The summed E-state index contributed by atoms with van der Waals surface area (Å²) in [6.45, 7) is 3.62. The third-order valence-corrected chi connectivity index (χ3v) is 2.36. The van der Waals surface area contributed by atoms with E-state index in [1.54, 1.807) is 6.08 Å². The van der Waals surface area contributed by atoms with Gasteiger partial charge >= 0.3 is 0 Å². The Morgan fingerprint density at radius 1 is 1.31 bits per heavy atom. The molecule has 1 aromatic rings. The van der Waals surface area contributed by atoms with Gasteiger partial charge in [0.2, 0.25) is 5.90 Å². The van der Waals surface area contributed by atoms with Crippen LogP contribution in [-0.4, -0.2) is 9.69 Å². The molecule has 1 rings (SSSR count). The Balaban J connectivity index is 2.79. The van der Waals surface area contributed by atoms with Crippen molar-refractivity contribution in [2.75, 3.05) is 0 Å². The standard InChI is InChI=1S/C11H10Cl3NO/c1-2-9(8-6-4-3-5-7-8)16-10(15)11(12,13)14/h2-7,9,15H,1H2. The lowest BCUT2D eigenvalue weighted by atomic mass is 10.1. The van der Waals surface area contributed by atoms with E-state index < -0.39 is 15.8 Å². The number of benzene rings is 1. The molecular formula is C11H10Cl3NO. The summed E-state index contributed by atoms with van der Waals surface area (Å²) in [5.74, 6) is -0.425. The fourth-order valence-electron chi connectivity index (χ4n) is 1.09. The minimum Gasteiger partial charge on any atom is -0.466 e. The van der Waals surface area contributed by atoms with Crippen LogP contribution in [0.15, 0.2) is 43.0 Å². The molecule has 2 nitrogen and oxygen atoms in total. The van der Waals surface area contributed by atoms with Gasteiger partial charge < -0.3 is 4.74 Å². The summed E-state index contributed by atoms with van der Waals surface area (Å²) in [6, 6.07) is 9.28. The molecule has 16 heavy (non-hydrogen) atoms. The number of rotatable bonds is 3. The first-order chi connectivity index (χ1) is 7.45. The van der Waals surface area contributed by atoms with E-state index in [0.717, 1.165) is 5.56 Å². The molecule has 0 aliphatic carbocycles. The molecule has 5 heteroatoms. The fraction of sp³-hybridized carbons (Fsp3) is 0.182. The van der Waals surface area contributed by atoms with Gasteiger partial charge in [0.05, 0.1) is 0 Å². The van der Waals surface area contributed by atoms with Crippen LogP contribution < -0.4 is 0 Å². The summed E-state index contributed by atoms with van der Waals surface area (Å²) in [4.78, 5) is 0. The van der Waals surface area contributed by atoms with Crippen LogP contribution in [0.2, 0.25) is 0 Å². The number of alkyl halides is 3. The molecule has 0 bridgehead atoms. The second kappa shape index (κ2) is 5.58.